The summed E-state index contributed by atoms with van der Waals surface area (Å²) in [6.45, 7) is 3.93. The third-order valence-electron chi connectivity index (χ3n) is 2.35. The van der Waals surface area contributed by atoms with Gasteiger partial charge in [-0.25, -0.2) is 9.78 Å². The molecule has 1 aromatic heterocycles. The van der Waals surface area contributed by atoms with Gasteiger partial charge >= 0.3 is 5.97 Å². The number of carboxylic acids is 1. The number of rotatable bonds is 6. The predicted octanol–water partition coefficient (Wildman–Crippen LogP) is 1.79. The van der Waals surface area contributed by atoms with Crippen molar-refractivity contribution in [2.45, 2.75) is 31.3 Å². The normalized spacial score (nSPS) is 11.9. The van der Waals surface area contributed by atoms with Crippen molar-refractivity contribution >= 4 is 23.6 Å². The van der Waals surface area contributed by atoms with E-state index >= 15 is 0 Å². The molecule has 1 rings (SSSR count). The molecule has 1 unspecified atom stereocenters. The summed E-state index contributed by atoms with van der Waals surface area (Å²) in [7, 11) is 0. The Hall–Kier alpha value is -1.56. The lowest BCUT2D eigenvalue weighted by Crippen LogP contribution is -2.33. The molecular formula is C12H16N2O3S. The molecule has 0 aliphatic heterocycles. The van der Waals surface area contributed by atoms with E-state index in [-0.39, 0.29) is 23.3 Å². The van der Waals surface area contributed by atoms with E-state index < -0.39 is 5.97 Å². The second-order valence-electron chi connectivity index (χ2n) is 3.85. The van der Waals surface area contributed by atoms with Crippen LogP contribution in [0.25, 0.3) is 0 Å². The molecule has 0 bridgehead atoms. The average molecular weight is 268 g/mol. The quantitative estimate of drug-likeness (QED) is 0.769. The fraction of sp³-hybridized carbons (Fsp3) is 0.417. The highest BCUT2D eigenvalue weighted by atomic mass is 32.2. The predicted molar refractivity (Wildman–Crippen MR) is 69.8 cm³/mol. The van der Waals surface area contributed by atoms with Gasteiger partial charge in [-0.15, -0.1) is 0 Å². The minimum absolute atomic E-state index is 0.0723. The Morgan fingerprint density at radius 2 is 2.28 bits per heavy atom. The Morgan fingerprint density at radius 1 is 1.56 bits per heavy atom. The molecule has 0 aromatic carbocycles. The van der Waals surface area contributed by atoms with E-state index in [9.17, 15) is 9.59 Å². The Morgan fingerprint density at radius 3 is 2.89 bits per heavy atom. The zero-order valence-corrected chi connectivity index (χ0v) is 11.2. The van der Waals surface area contributed by atoms with Crippen molar-refractivity contribution < 1.29 is 14.7 Å². The van der Waals surface area contributed by atoms with Crippen LogP contribution in [0.3, 0.4) is 0 Å². The number of carbonyl (C=O) groups is 2. The second-order valence-corrected chi connectivity index (χ2v) is 4.85. The molecule has 18 heavy (non-hydrogen) atoms. The van der Waals surface area contributed by atoms with Crippen LogP contribution in [0.2, 0.25) is 0 Å². The van der Waals surface area contributed by atoms with Crippen molar-refractivity contribution in [3.63, 3.8) is 0 Å². The third kappa shape index (κ3) is 4.75. The lowest BCUT2D eigenvalue weighted by Gasteiger charge is -2.10. The van der Waals surface area contributed by atoms with Gasteiger partial charge in [0.15, 0.2) is 0 Å². The first-order valence-corrected chi connectivity index (χ1v) is 6.63. The minimum atomic E-state index is -0.997. The van der Waals surface area contributed by atoms with Gasteiger partial charge in [0.2, 0.25) is 5.91 Å². The van der Waals surface area contributed by atoms with Gasteiger partial charge in [0.1, 0.15) is 0 Å². The zero-order chi connectivity index (χ0) is 13.5. The molecule has 98 valence electrons. The summed E-state index contributed by atoms with van der Waals surface area (Å²) in [5.74, 6) is -0.833. The van der Waals surface area contributed by atoms with Crippen molar-refractivity contribution in [2.24, 2.45) is 0 Å². The SMILES string of the molecule is CCC(C)NC(=O)CSc1cc(C(=O)O)ccn1. The summed E-state index contributed by atoms with van der Waals surface area (Å²) < 4.78 is 0. The molecule has 6 heteroatoms. The zero-order valence-electron chi connectivity index (χ0n) is 10.3. The first kappa shape index (κ1) is 14.5. The molecule has 1 heterocycles. The molecule has 0 saturated heterocycles. The number of thioether (sulfide) groups is 1. The van der Waals surface area contributed by atoms with Crippen LogP contribution in [0.15, 0.2) is 23.4 Å². The Bertz CT molecular complexity index is 437. The number of hydrogen-bond acceptors (Lipinski definition) is 4. The van der Waals surface area contributed by atoms with E-state index in [0.29, 0.717) is 5.03 Å². The number of amides is 1. The lowest BCUT2D eigenvalue weighted by atomic mass is 10.3. The molecule has 2 N–H and O–H groups in total. The summed E-state index contributed by atoms with van der Waals surface area (Å²) in [5.41, 5.74) is 0.176. The third-order valence-corrected chi connectivity index (χ3v) is 3.28. The number of aromatic nitrogens is 1. The molecule has 1 amide bonds. The summed E-state index contributed by atoms with van der Waals surface area (Å²) in [6, 6.07) is 3.03. The van der Waals surface area contributed by atoms with Gasteiger partial charge in [-0.05, 0) is 25.5 Å². The molecule has 0 fully saturated rings. The highest BCUT2D eigenvalue weighted by Crippen LogP contribution is 2.16. The Balaban J connectivity index is 2.50. The van der Waals surface area contributed by atoms with E-state index in [4.69, 9.17) is 5.11 Å². The maximum Gasteiger partial charge on any atom is 0.335 e. The molecule has 0 saturated carbocycles. The fourth-order valence-electron chi connectivity index (χ4n) is 1.18. The van der Waals surface area contributed by atoms with Crippen LogP contribution in [-0.4, -0.2) is 33.8 Å². The van der Waals surface area contributed by atoms with Gasteiger partial charge in [-0.1, -0.05) is 18.7 Å². The van der Waals surface area contributed by atoms with Crippen LogP contribution < -0.4 is 5.32 Å². The number of carbonyl (C=O) groups excluding carboxylic acids is 1. The van der Waals surface area contributed by atoms with Crippen LogP contribution in [0, 0.1) is 0 Å². The largest absolute Gasteiger partial charge is 0.478 e. The van der Waals surface area contributed by atoms with Crippen LogP contribution in [0.4, 0.5) is 0 Å². The van der Waals surface area contributed by atoms with Crippen molar-refractivity contribution in [2.75, 3.05) is 5.75 Å². The van der Waals surface area contributed by atoms with Crippen molar-refractivity contribution in [1.82, 2.24) is 10.3 Å². The second kappa shape index (κ2) is 7.00. The van der Waals surface area contributed by atoms with E-state index in [2.05, 4.69) is 10.3 Å². The van der Waals surface area contributed by atoms with Gasteiger partial charge in [0.25, 0.3) is 0 Å². The lowest BCUT2D eigenvalue weighted by molar-refractivity contribution is -0.119. The van der Waals surface area contributed by atoms with Crippen LogP contribution in [0.1, 0.15) is 30.6 Å². The average Bonchev–Trinajstić information content (AvgIpc) is 2.36. The first-order chi connectivity index (χ1) is 8.52. The molecule has 0 spiro atoms. The van der Waals surface area contributed by atoms with Gasteiger partial charge in [-0.3, -0.25) is 4.79 Å². The number of aromatic carboxylic acids is 1. The number of carboxylic acid groups (broad SMARTS) is 1. The number of nitrogens with zero attached hydrogens (tertiary/aromatic N) is 1. The van der Waals surface area contributed by atoms with Crippen molar-refractivity contribution in [3.8, 4) is 0 Å². The minimum Gasteiger partial charge on any atom is -0.478 e. The highest BCUT2D eigenvalue weighted by molar-refractivity contribution is 7.99. The van der Waals surface area contributed by atoms with Crippen LogP contribution in [0.5, 0.6) is 0 Å². The molecule has 5 nitrogen and oxygen atoms in total. The number of hydrogen-bond donors (Lipinski definition) is 2. The summed E-state index contributed by atoms with van der Waals surface area (Å²) in [6.07, 6.45) is 2.31. The number of nitrogens with one attached hydrogen (secondary N) is 1. The standard InChI is InChI=1S/C12H16N2O3S/c1-3-8(2)14-10(15)7-18-11-6-9(12(16)17)4-5-13-11/h4-6,8H,3,7H2,1-2H3,(H,14,15)(H,16,17). The summed E-state index contributed by atoms with van der Waals surface area (Å²) in [4.78, 5) is 26.3. The molecule has 0 radical (unpaired) electrons. The van der Waals surface area contributed by atoms with Crippen molar-refractivity contribution in [3.05, 3.63) is 23.9 Å². The topological polar surface area (TPSA) is 79.3 Å². The highest BCUT2D eigenvalue weighted by Gasteiger charge is 2.08. The van der Waals surface area contributed by atoms with Crippen molar-refractivity contribution in [1.29, 1.82) is 0 Å². The molecular weight excluding hydrogens is 252 g/mol. The van der Waals surface area contributed by atoms with Crippen LogP contribution >= 0.6 is 11.8 Å². The first-order valence-electron chi connectivity index (χ1n) is 5.64. The Labute approximate surface area is 110 Å². The molecule has 1 aromatic rings. The summed E-state index contributed by atoms with van der Waals surface area (Å²) in [5, 5.41) is 12.2. The van der Waals surface area contributed by atoms with E-state index in [0.717, 1.165) is 6.42 Å². The number of pyridine rings is 1. The Kier molecular flexibility index (Phi) is 5.64. The monoisotopic (exact) mass is 268 g/mol. The van der Waals surface area contributed by atoms with Gasteiger partial charge < -0.3 is 10.4 Å². The van der Waals surface area contributed by atoms with Gasteiger partial charge in [0, 0.05) is 12.2 Å². The van der Waals surface area contributed by atoms with E-state index in [1.54, 1.807) is 0 Å². The van der Waals surface area contributed by atoms with Gasteiger partial charge in [0.05, 0.1) is 16.3 Å². The molecule has 0 aliphatic carbocycles. The van der Waals surface area contributed by atoms with E-state index in [1.807, 2.05) is 13.8 Å². The van der Waals surface area contributed by atoms with Crippen LogP contribution in [-0.2, 0) is 4.79 Å². The fourth-order valence-corrected chi connectivity index (χ4v) is 1.89. The van der Waals surface area contributed by atoms with E-state index in [1.165, 1.54) is 30.1 Å². The molecule has 0 aliphatic rings. The molecule has 1 atom stereocenters. The maximum absolute atomic E-state index is 11.5. The summed E-state index contributed by atoms with van der Waals surface area (Å²) >= 11 is 1.23. The smallest absolute Gasteiger partial charge is 0.335 e. The maximum atomic E-state index is 11.5. The van der Waals surface area contributed by atoms with Gasteiger partial charge in [-0.2, -0.15) is 0 Å².